The lowest BCUT2D eigenvalue weighted by Crippen LogP contribution is -2.43. The zero-order valence-corrected chi connectivity index (χ0v) is 24.6. The van der Waals surface area contributed by atoms with Gasteiger partial charge in [-0.1, -0.05) is 11.3 Å². The van der Waals surface area contributed by atoms with Crippen molar-refractivity contribution in [3.05, 3.63) is 35.4 Å². The largest absolute Gasteiger partial charge is 0.461 e. The molecule has 1 saturated carbocycles. The van der Waals surface area contributed by atoms with Crippen LogP contribution in [0.2, 0.25) is 0 Å². The molecule has 0 radical (unpaired) electrons. The van der Waals surface area contributed by atoms with Crippen LogP contribution >= 0.6 is 11.3 Å². The summed E-state index contributed by atoms with van der Waals surface area (Å²) in [5, 5.41) is 3.05. The Hall–Kier alpha value is -3.36. The Bertz CT molecular complexity index is 1740. The third-order valence-electron chi connectivity index (χ3n) is 9.33. The number of aromatic nitrogens is 3. The molecule has 7 rings (SSSR count). The summed E-state index contributed by atoms with van der Waals surface area (Å²) in [7, 11) is 0. The van der Waals surface area contributed by atoms with Crippen molar-refractivity contribution in [3.8, 4) is 17.1 Å². The molecule has 8 nitrogen and oxygen atoms in total. The molecule has 0 bridgehead atoms. The summed E-state index contributed by atoms with van der Waals surface area (Å²) in [6.07, 6.45) is 2.04. The highest BCUT2D eigenvalue weighted by molar-refractivity contribution is 7.22. The number of rotatable bonds is 6. The molecule has 3 fully saturated rings. The quantitative estimate of drug-likeness (QED) is 0.207. The van der Waals surface area contributed by atoms with Gasteiger partial charge in [0.1, 0.15) is 23.8 Å². The lowest BCUT2D eigenvalue weighted by Gasteiger charge is -2.31. The topological polar surface area (TPSA) is 115 Å². The lowest BCUT2D eigenvalue weighted by molar-refractivity contribution is -0.137. The van der Waals surface area contributed by atoms with Crippen LogP contribution in [-0.2, 0) is 6.18 Å². The van der Waals surface area contributed by atoms with E-state index in [4.69, 9.17) is 16.2 Å². The zero-order valence-electron chi connectivity index (χ0n) is 23.8. The van der Waals surface area contributed by atoms with Crippen molar-refractivity contribution in [2.75, 3.05) is 30.7 Å². The number of thiazole rings is 1. The molecule has 234 valence electrons. The van der Waals surface area contributed by atoms with Crippen molar-refractivity contribution in [1.29, 1.82) is 0 Å². The van der Waals surface area contributed by atoms with Crippen molar-refractivity contribution < 1.29 is 26.7 Å². The molecule has 14 heteroatoms. The summed E-state index contributed by atoms with van der Waals surface area (Å²) in [6.45, 7) is 2.24. The first-order chi connectivity index (χ1) is 21.0. The number of alkyl halides is 3. The van der Waals surface area contributed by atoms with Gasteiger partial charge in [0.2, 0.25) is 0 Å². The first-order valence-electron chi connectivity index (χ1n) is 14.9. The maximum atomic E-state index is 16.7. The molecule has 5 N–H and O–H groups in total. The third-order valence-corrected chi connectivity index (χ3v) is 10.2. The molecular formula is C30H32F5N7OS. The van der Waals surface area contributed by atoms with E-state index in [9.17, 15) is 17.6 Å². The van der Waals surface area contributed by atoms with Gasteiger partial charge in [0, 0.05) is 28.6 Å². The van der Waals surface area contributed by atoms with Crippen molar-refractivity contribution >= 4 is 43.4 Å². The number of benzene rings is 2. The highest BCUT2D eigenvalue weighted by Crippen LogP contribution is 2.46. The summed E-state index contributed by atoms with van der Waals surface area (Å²) in [4.78, 5) is 15.3. The van der Waals surface area contributed by atoms with Gasteiger partial charge >= 0.3 is 12.2 Å². The Labute approximate surface area is 254 Å². The molecule has 0 unspecified atom stereocenters. The van der Waals surface area contributed by atoms with Gasteiger partial charge in [-0.25, -0.2) is 13.8 Å². The predicted octanol–water partition coefficient (Wildman–Crippen LogP) is 6.47. The van der Waals surface area contributed by atoms with Gasteiger partial charge in [-0.05, 0) is 82.7 Å². The average Bonchev–Trinajstić information content (AvgIpc) is 3.67. The van der Waals surface area contributed by atoms with Crippen LogP contribution in [0.5, 0.6) is 6.01 Å². The molecule has 1 aliphatic carbocycles. The first-order valence-corrected chi connectivity index (χ1v) is 15.7. The summed E-state index contributed by atoms with van der Waals surface area (Å²) in [6, 6.07) is 2.56. The number of halogens is 5. The minimum atomic E-state index is -4.97. The number of hydrogen-bond acceptors (Lipinski definition) is 9. The lowest BCUT2D eigenvalue weighted by atomic mass is 9.91. The van der Waals surface area contributed by atoms with Gasteiger partial charge in [-0.3, -0.25) is 4.90 Å². The SMILES string of the molecule is Nc1nc2c(-c3c(C(F)(F)F)cc4c(N[C@H]5CCC[C@@H](N)C5)nc(OCC56CCCN5CCC6)nc4c3F)ccc(F)c2s1. The number of ether oxygens (including phenoxy) is 1. The molecule has 4 aromatic rings. The van der Waals surface area contributed by atoms with Crippen LogP contribution in [0.15, 0.2) is 18.2 Å². The first kappa shape index (κ1) is 29.4. The number of nitrogens with two attached hydrogens (primary N) is 2. The number of anilines is 2. The maximum absolute atomic E-state index is 16.7. The van der Waals surface area contributed by atoms with E-state index in [0.29, 0.717) is 6.42 Å². The van der Waals surface area contributed by atoms with E-state index in [2.05, 4.69) is 25.2 Å². The summed E-state index contributed by atoms with van der Waals surface area (Å²) >= 11 is 0.779. The molecular weight excluding hydrogens is 601 g/mol. The molecule has 2 atom stereocenters. The second-order valence-electron chi connectivity index (χ2n) is 12.2. The van der Waals surface area contributed by atoms with Gasteiger partial charge in [0.25, 0.3) is 0 Å². The number of nitrogens with zero attached hydrogens (tertiary/aromatic N) is 4. The zero-order chi connectivity index (χ0) is 30.8. The van der Waals surface area contributed by atoms with Crippen LogP contribution in [0.3, 0.4) is 0 Å². The molecule has 44 heavy (non-hydrogen) atoms. The van der Waals surface area contributed by atoms with Gasteiger partial charge in [-0.15, -0.1) is 0 Å². The number of nitrogen functional groups attached to an aromatic ring is 1. The van der Waals surface area contributed by atoms with E-state index >= 15 is 4.39 Å². The third kappa shape index (κ3) is 5.10. The molecule has 0 spiro atoms. The van der Waals surface area contributed by atoms with E-state index in [1.165, 1.54) is 0 Å². The van der Waals surface area contributed by atoms with Gasteiger partial charge < -0.3 is 21.5 Å². The summed E-state index contributed by atoms with van der Waals surface area (Å²) in [5.41, 5.74) is 9.04. The van der Waals surface area contributed by atoms with Crippen molar-refractivity contribution in [1.82, 2.24) is 19.9 Å². The Morgan fingerprint density at radius 1 is 1.05 bits per heavy atom. The summed E-state index contributed by atoms with van der Waals surface area (Å²) in [5.74, 6) is -1.89. The monoisotopic (exact) mass is 633 g/mol. The van der Waals surface area contributed by atoms with E-state index in [-0.39, 0.29) is 67.9 Å². The molecule has 3 aliphatic rings. The smallest absolute Gasteiger partial charge is 0.417 e. The number of nitrogens with one attached hydrogen (secondary N) is 1. The van der Waals surface area contributed by atoms with Crippen LogP contribution in [-0.4, -0.2) is 57.2 Å². The Kier molecular flexibility index (Phi) is 7.28. The number of hydrogen-bond donors (Lipinski definition) is 3. The molecule has 2 saturated heterocycles. The fourth-order valence-electron chi connectivity index (χ4n) is 7.27. The minimum absolute atomic E-state index is 0.0504. The Morgan fingerprint density at radius 3 is 2.55 bits per heavy atom. The fourth-order valence-corrected chi connectivity index (χ4v) is 8.04. The van der Waals surface area contributed by atoms with E-state index in [1.807, 2.05) is 0 Å². The van der Waals surface area contributed by atoms with E-state index < -0.39 is 28.9 Å². The van der Waals surface area contributed by atoms with Gasteiger partial charge in [0.15, 0.2) is 10.9 Å². The van der Waals surface area contributed by atoms with Crippen LogP contribution in [0.4, 0.5) is 32.9 Å². The van der Waals surface area contributed by atoms with E-state index in [0.717, 1.165) is 87.6 Å². The van der Waals surface area contributed by atoms with Crippen LogP contribution in [0.1, 0.15) is 56.9 Å². The molecule has 2 aromatic carbocycles. The van der Waals surface area contributed by atoms with Gasteiger partial charge in [-0.2, -0.15) is 23.1 Å². The standard InChI is InChI=1S/C30H32F5N7OS/c31-20-7-6-17(24-25(20)44-27(37)39-24)21-19(30(33,34)35)13-18-23(22(21)32)40-28(41-26(18)38-16-5-1-4-15(36)12-16)43-14-29-8-2-10-42(29)11-3-9-29/h6-7,13,15-16H,1-5,8-12,14,36H2,(H2,37,39)(H,38,40,41)/t15-,16+/m1/s1. The van der Waals surface area contributed by atoms with E-state index in [1.54, 1.807) is 0 Å². The Balaban J connectivity index is 1.40. The molecule has 4 heterocycles. The highest BCUT2D eigenvalue weighted by atomic mass is 32.1. The predicted molar refractivity (Wildman–Crippen MR) is 160 cm³/mol. The van der Waals surface area contributed by atoms with Gasteiger partial charge in [0.05, 0.1) is 21.3 Å². The van der Waals surface area contributed by atoms with Crippen molar-refractivity contribution in [2.45, 2.75) is 75.2 Å². The second-order valence-corrected chi connectivity index (χ2v) is 13.2. The highest BCUT2D eigenvalue weighted by Gasteiger charge is 2.45. The van der Waals surface area contributed by atoms with Crippen LogP contribution < -0.4 is 21.5 Å². The molecule has 2 aliphatic heterocycles. The second kappa shape index (κ2) is 10.9. The maximum Gasteiger partial charge on any atom is 0.417 e. The van der Waals surface area contributed by atoms with Crippen molar-refractivity contribution in [2.24, 2.45) is 5.73 Å². The minimum Gasteiger partial charge on any atom is -0.461 e. The van der Waals surface area contributed by atoms with Crippen molar-refractivity contribution in [3.63, 3.8) is 0 Å². The fraction of sp³-hybridized carbons (Fsp3) is 0.500. The molecule has 2 aromatic heterocycles. The average molecular weight is 634 g/mol. The normalized spacial score (nSPS) is 22.1. The number of fused-ring (bicyclic) bond motifs is 3. The van der Waals surface area contributed by atoms with Crippen LogP contribution in [0, 0.1) is 11.6 Å². The molecule has 0 amide bonds. The summed E-state index contributed by atoms with van der Waals surface area (Å²) < 4.78 is 81.4. The van der Waals surface area contributed by atoms with Crippen LogP contribution in [0.25, 0.3) is 32.2 Å². The Morgan fingerprint density at radius 2 is 1.82 bits per heavy atom.